The van der Waals surface area contributed by atoms with Gasteiger partial charge >= 0.3 is 0 Å². The Morgan fingerprint density at radius 1 is 1.04 bits per heavy atom. The molecule has 0 aliphatic heterocycles. The van der Waals surface area contributed by atoms with E-state index in [1.165, 1.54) is 16.7 Å². The molecule has 122 valence electrons. The van der Waals surface area contributed by atoms with Crippen LogP contribution in [0, 0.1) is 13.8 Å². The van der Waals surface area contributed by atoms with Crippen LogP contribution in [0.15, 0.2) is 48.5 Å². The van der Waals surface area contributed by atoms with Gasteiger partial charge in [-0.1, -0.05) is 55.8 Å². The number of nitrogens with zero attached hydrogens (tertiary/aromatic N) is 1. The smallest absolute Gasteiger partial charge is 0.173 e. The van der Waals surface area contributed by atoms with Crippen LogP contribution in [0.25, 0.3) is 0 Å². The average Bonchev–Trinajstić information content (AvgIpc) is 2.56. The molecule has 0 atom stereocenters. The van der Waals surface area contributed by atoms with E-state index in [2.05, 4.69) is 73.5 Å². The number of aryl methyl sites for hydroxylation is 1. The SMILES string of the molecule is CCCCN(Cc1ccccc1)C(=S)Nc1cccc(C)c1C. The topological polar surface area (TPSA) is 15.3 Å². The normalized spacial score (nSPS) is 10.4. The van der Waals surface area contributed by atoms with E-state index in [-0.39, 0.29) is 0 Å². The minimum Gasteiger partial charge on any atom is -0.345 e. The molecule has 1 N–H and O–H groups in total. The van der Waals surface area contributed by atoms with E-state index < -0.39 is 0 Å². The van der Waals surface area contributed by atoms with E-state index in [0.717, 1.165) is 36.7 Å². The van der Waals surface area contributed by atoms with E-state index in [0.29, 0.717) is 0 Å². The molecule has 0 saturated carbocycles. The summed E-state index contributed by atoms with van der Waals surface area (Å²) in [6.07, 6.45) is 2.30. The highest BCUT2D eigenvalue weighted by atomic mass is 32.1. The number of benzene rings is 2. The predicted octanol–water partition coefficient (Wildman–Crippen LogP) is 5.30. The molecule has 2 nitrogen and oxygen atoms in total. The number of anilines is 1. The molecule has 0 saturated heterocycles. The lowest BCUT2D eigenvalue weighted by Gasteiger charge is -2.26. The van der Waals surface area contributed by atoms with E-state index in [4.69, 9.17) is 12.2 Å². The van der Waals surface area contributed by atoms with Crippen molar-refractivity contribution >= 4 is 23.0 Å². The van der Waals surface area contributed by atoms with E-state index in [1.807, 2.05) is 6.07 Å². The molecule has 0 aliphatic rings. The van der Waals surface area contributed by atoms with Gasteiger partial charge in [-0.05, 0) is 55.2 Å². The van der Waals surface area contributed by atoms with Crippen LogP contribution in [0.2, 0.25) is 0 Å². The number of hydrogen-bond donors (Lipinski definition) is 1. The second kappa shape index (κ2) is 8.68. The number of thiocarbonyl (C=S) groups is 1. The standard InChI is InChI=1S/C20H26N2S/c1-4-5-14-22(15-18-11-7-6-8-12-18)20(23)21-19-13-9-10-16(2)17(19)3/h6-13H,4-5,14-15H2,1-3H3,(H,21,23). The number of unbranched alkanes of at least 4 members (excludes halogenated alkanes) is 1. The van der Waals surface area contributed by atoms with Crippen LogP contribution in [0.1, 0.15) is 36.5 Å². The molecular weight excluding hydrogens is 300 g/mol. The summed E-state index contributed by atoms with van der Waals surface area (Å²) in [7, 11) is 0. The molecule has 2 rings (SSSR count). The molecule has 2 aromatic carbocycles. The minimum atomic E-state index is 0.802. The van der Waals surface area contributed by atoms with Crippen molar-refractivity contribution in [3.63, 3.8) is 0 Å². The lowest BCUT2D eigenvalue weighted by molar-refractivity contribution is 0.408. The summed E-state index contributed by atoms with van der Waals surface area (Å²) in [5, 5.41) is 4.24. The molecular formula is C20H26N2S. The van der Waals surface area contributed by atoms with Gasteiger partial charge < -0.3 is 10.2 Å². The quantitative estimate of drug-likeness (QED) is 0.725. The maximum atomic E-state index is 5.69. The highest BCUT2D eigenvalue weighted by Gasteiger charge is 2.11. The Morgan fingerprint density at radius 3 is 2.48 bits per heavy atom. The van der Waals surface area contributed by atoms with Gasteiger partial charge in [0, 0.05) is 18.8 Å². The van der Waals surface area contributed by atoms with Gasteiger partial charge in [0.2, 0.25) is 0 Å². The number of hydrogen-bond acceptors (Lipinski definition) is 1. The van der Waals surface area contributed by atoms with Gasteiger partial charge in [0.1, 0.15) is 0 Å². The molecule has 0 heterocycles. The van der Waals surface area contributed by atoms with Crippen molar-refractivity contribution in [3.8, 4) is 0 Å². The van der Waals surface area contributed by atoms with E-state index in [1.54, 1.807) is 0 Å². The van der Waals surface area contributed by atoms with Crippen molar-refractivity contribution in [2.45, 2.75) is 40.2 Å². The van der Waals surface area contributed by atoms with Crippen molar-refractivity contribution in [1.29, 1.82) is 0 Å². The predicted molar refractivity (Wildman–Crippen MR) is 104 cm³/mol. The highest BCUT2D eigenvalue weighted by Crippen LogP contribution is 2.19. The van der Waals surface area contributed by atoms with E-state index in [9.17, 15) is 0 Å². The van der Waals surface area contributed by atoms with Crippen molar-refractivity contribution in [2.75, 3.05) is 11.9 Å². The minimum absolute atomic E-state index is 0.802. The Labute approximate surface area is 145 Å². The van der Waals surface area contributed by atoms with Crippen LogP contribution in [-0.4, -0.2) is 16.6 Å². The van der Waals surface area contributed by atoms with Crippen LogP contribution in [0.5, 0.6) is 0 Å². The zero-order valence-electron chi connectivity index (χ0n) is 14.3. The Morgan fingerprint density at radius 2 is 1.78 bits per heavy atom. The van der Waals surface area contributed by atoms with Crippen LogP contribution < -0.4 is 5.32 Å². The summed E-state index contributed by atoms with van der Waals surface area (Å²) in [5.41, 5.74) is 4.92. The van der Waals surface area contributed by atoms with Gasteiger partial charge in [-0.3, -0.25) is 0 Å². The molecule has 0 radical (unpaired) electrons. The zero-order valence-corrected chi connectivity index (χ0v) is 15.1. The summed E-state index contributed by atoms with van der Waals surface area (Å²) in [5.74, 6) is 0. The maximum absolute atomic E-state index is 5.69. The van der Waals surface area contributed by atoms with Gasteiger partial charge in [-0.2, -0.15) is 0 Å². The molecule has 23 heavy (non-hydrogen) atoms. The van der Waals surface area contributed by atoms with Gasteiger partial charge in [-0.15, -0.1) is 0 Å². The molecule has 0 bridgehead atoms. The van der Waals surface area contributed by atoms with Crippen molar-refractivity contribution in [3.05, 3.63) is 65.2 Å². The first-order chi connectivity index (χ1) is 11.1. The first kappa shape index (κ1) is 17.5. The summed E-state index contributed by atoms with van der Waals surface area (Å²) in [4.78, 5) is 2.26. The van der Waals surface area contributed by atoms with Crippen molar-refractivity contribution in [1.82, 2.24) is 4.90 Å². The largest absolute Gasteiger partial charge is 0.345 e. The molecule has 0 unspecified atom stereocenters. The number of nitrogens with one attached hydrogen (secondary N) is 1. The zero-order chi connectivity index (χ0) is 16.7. The second-order valence-electron chi connectivity index (χ2n) is 5.94. The number of rotatable bonds is 6. The highest BCUT2D eigenvalue weighted by molar-refractivity contribution is 7.80. The molecule has 3 heteroatoms. The molecule has 0 aromatic heterocycles. The molecule has 2 aromatic rings. The van der Waals surface area contributed by atoms with Gasteiger partial charge in [0.05, 0.1) is 0 Å². The monoisotopic (exact) mass is 326 g/mol. The molecule has 0 spiro atoms. The van der Waals surface area contributed by atoms with Crippen LogP contribution in [0.3, 0.4) is 0 Å². The van der Waals surface area contributed by atoms with Crippen LogP contribution in [-0.2, 0) is 6.54 Å². The second-order valence-corrected chi connectivity index (χ2v) is 6.33. The van der Waals surface area contributed by atoms with Crippen LogP contribution >= 0.6 is 12.2 Å². The van der Waals surface area contributed by atoms with Crippen molar-refractivity contribution in [2.24, 2.45) is 0 Å². The fraction of sp³-hybridized carbons (Fsp3) is 0.350. The summed E-state index contributed by atoms with van der Waals surface area (Å²) < 4.78 is 0. The Hall–Kier alpha value is -1.87. The van der Waals surface area contributed by atoms with Crippen molar-refractivity contribution < 1.29 is 0 Å². The summed E-state index contributed by atoms with van der Waals surface area (Å²) >= 11 is 5.69. The molecule has 0 aliphatic carbocycles. The van der Waals surface area contributed by atoms with Gasteiger partial charge in [0.15, 0.2) is 5.11 Å². The maximum Gasteiger partial charge on any atom is 0.173 e. The third-order valence-electron chi connectivity index (χ3n) is 4.13. The average molecular weight is 327 g/mol. The lowest BCUT2D eigenvalue weighted by Crippen LogP contribution is -2.35. The third kappa shape index (κ3) is 5.07. The Bertz CT molecular complexity index is 637. The first-order valence-corrected chi connectivity index (χ1v) is 8.68. The first-order valence-electron chi connectivity index (χ1n) is 8.28. The van der Waals surface area contributed by atoms with E-state index >= 15 is 0 Å². The van der Waals surface area contributed by atoms with Gasteiger partial charge in [-0.25, -0.2) is 0 Å². The fourth-order valence-corrected chi connectivity index (χ4v) is 2.75. The molecule has 0 amide bonds. The Balaban J connectivity index is 2.11. The lowest BCUT2D eigenvalue weighted by atomic mass is 10.1. The molecule has 0 fully saturated rings. The van der Waals surface area contributed by atoms with Gasteiger partial charge in [0.25, 0.3) is 0 Å². The third-order valence-corrected chi connectivity index (χ3v) is 4.49. The van der Waals surface area contributed by atoms with Crippen LogP contribution in [0.4, 0.5) is 5.69 Å². The summed E-state index contributed by atoms with van der Waals surface area (Å²) in [6, 6.07) is 16.8. The fourth-order valence-electron chi connectivity index (χ4n) is 2.49. The Kier molecular flexibility index (Phi) is 6.60. The summed E-state index contributed by atoms with van der Waals surface area (Å²) in [6.45, 7) is 8.29.